The van der Waals surface area contributed by atoms with E-state index in [0.29, 0.717) is 44.8 Å². The minimum atomic E-state index is -0.466. The van der Waals surface area contributed by atoms with Crippen molar-refractivity contribution in [2.75, 3.05) is 26.3 Å². The summed E-state index contributed by atoms with van der Waals surface area (Å²) in [7, 11) is 0. The number of hydrogen-bond donors (Lipinski definition) is 0. The molecule has 1 amide bonds. The molecule has 0 bridgehead atoms. The second kappa shape index (κ2) is 5.30. The van der Waals surface area contributed by atoms with Gasteiger partial charge in [-0.05, 0) is 12.1 Å². The number of rotatable bonds is 1. The molecule has 2 aliphatic rings. The Labute approximate surface area is 128 Å². The van der Waals surface area contributed by atoms with E-state index in [9.17, 15) is 4.79 Å². The lowest BCUT2D eigenvalue weighted by Crippen LogP contribution is -2.47. The van der Waals surface area contributed by atoms with Crippen molar-refractivity contribution in [2.24, 2.45) is 0 Å². The number of carbonyl (C=O) groups excluding carboxylic acids is 1. The molecule has 0 aliphatic carbocycles. The van der Waals surface area contributed by atoms with Gasteiger partial charge in [0.15, 0.2) is 5.79 Å². The van der Waals surface area contributed by atoms with Crippen LogP contribution in [0, 0.1) is 0 Å². The Morgan fingerprint density at radius 1 is 1.09 bits per heavy atom. The van der Waals surface area contributed by atoms with Gasteiger partial charge in [0.05, 0.1) is 30.4 Å². The van der Waals surface area contributed by atoms with Crippen molar-refractivity contribution in [2.45, 2.75) is 18.6 Å². The van der Waals surface area contributed by atoms with Crippen molar-refractivity contribution >= 4 is 16.9 Å². The first-order valence-corrected chi connectivity index (χ1v) is 7.55. The summed E-state index contributed by atoms with van der Waals surface area (Å²) in [6.07, 6.45) is 2.97. The van der Waals surface area contributed by atoms with E-state index in [1.807, 2.05) is 24.3 Å². The first-order chi connectivity index (χ1) is 10.8. The summed E-state index contributed by atoms with van der Waals surface area (Å²) < 4.78 is 11.4. The smallest absolute Gasteiger partial charge is 0.274 e. The second-order valence-corrected chi connectivity index (χ2v) is 5.64. The SMILES string of the molecule is O=C(c1cnc2ccccc2n1)N1CCC2(CC1)OCCO2. The van der Waals surface area contributed by atoms with Crippen molar-refractivity contribution in [1.82, 2.24) is 14.9 Å². The first-order valence-electron chi connectivity index (χ1n) is 7.55. The van der Waals surface area contributed by atoms with E-state index < -0.39 is 5.79 Å². The van der Waals surface area contributed by atoms with Gasteiger partial charge in [-0.15, -0.1) is 0 Å². The molecular weight excluding hydrogens is 282 g/mol. The molecule has 0 N–H and O–H groups in total. The minimum Gasteiger partial charge on any atom is -0.347 e. The fraction of sp³-hybridized carbons (Fsp3) is 0.438. The number of hydrogen-bond acceptors (Lipinski definition) is 5. The molecule has 6 nitrogen and oxygen atoms in total. The molecule has 2 aromatic rings. The third kappa shape index (κ3) is 2.34. The van der Waals surface area contributed by atoms with Gasteiger partial charge >= 0.3 is 0 Å². The number of para-hydroxylation sites is 2. The molecule has 2 fully saturated rings. The van der Waals surface area contributed by atoms with Crippen molar-refractivity contribution in [3.63, 3.8) is 0 Å². The highest BCUT2D eigenvalue weighted by Crippen LogP contribution is 2.31. The van der Waals surface area contributed by atoms with Gasteiger partial charge in [-0.2, -0.15) is 0 Å². The molecule has 3 heterocycles. The summed E-state index contributed by atoms with van der Waals surface area (Å²) in [6, 6.07) is 7.55. The molecule has 4 rings (SSSR count). The fourth-order valence-electron chi connectivity index (χ4n) is 3.06. The molecule has 2 aliphatic heterocycles. The Bertz CT molecular complexity index is 703. The number of amides is 1. The minimum absolute atomic E-state index is 0.0777. The maximum Gasteiger partial charge on any atom is 0.274 e. The summed E-state index contributed by atoms with van der Waals surface area (Å²) in [5.41, 5.74) is 1.93. The van der Waals surface area contributed by atoms with Crippen molar-refractivity contribution in [1.29, 1.82) is 0 Å². The maximum absolute atomic E-state index is 12.6. The zero-order valence-corrected chi connectivity index (χ0v) is 12.2. The molecule has 114 valence electrons. The lowest BCUT2D eigenvalue weighted by atomic mass is 10.0. The molecule has 0 saturated carbocycles. The Morgan fingerprint density at radius 2 is 1.77 bits per heavy atom. The average Bonchev–Trinajstić information content (AvgIpc) is 3.02. The molecule has 0 radical (unpaired) electrons. The van der Waals surface area contributed by atoms with Crippen LogP contribution in [0.5, 0.6) is 0 Å². The maximum atomic E-state index is 12.6. The lowest BCUT2D eigenvalue weighted by Gasteiger charge is -2.37. The number of aromatic nitrogens is 2. The molecule has 2 saturated heterocycles. The largest absolute Gasteiger partial charge is 0.347 e. The molecule has 22 heavy (non-hydrogen) atoms. The molecule has 1 aromatic heterocycles. The monoisotopic (exact) mass is 299 g/mol. The van der Waals surface area contributed by atoms with Crippen LogP contribution < -0.4 is 0 Å². The first kappa shape index (κ1) is 13.6. The average molecular weight is 299 g/mol. The van der Waals surface area contributed by atoms with Gasteiger partial charge < -0.3 is 14.4 Å². The van der Waals surface area contributed by atoms with E-state index in [-0.39, 0.29) is 5.91 Å². The number of nitrogens with zero attached hydrogens (tertiary/aromatic N) is 3. The van der Waals surface area contributed by atoms with Gasteiger partial charge in [0.1, 0.15) is 5.69 Å². The van der Waals surface area contributed by atoms with Gasteiger partial charge in [-0.1, -0.05) is 12.1 Å². The van der Waals surface area contributed by atoms with E-state index in [1.165, 1.54) is 0 Å². The summed E-state index contributed by atoms with van der Waals surface area (Å²) in [5.74, 6) is -0.544. The number of likely N-dealkylation sites (tertiary alicyclic amines) is 1. The Morgan fingerprint density at radius 3 is 2.50 bits per heavy atom. The van der Waals surface area contributed by atoms with Crippen LogP contribution in [0.15, 0.2) is 30.5 Å². The van der Waals surface area contributed by atoms with E-state index in [0.717, 1.165) is 11.0 Å². The number of piperidine rings is 1. The van der Waals surface area contributed by atoms with Gasteiger partial charge in [-0.3, -0.25) is 9.78 Å². The van der Waals surface area contributed by atoms with Crippen molar-refractivity contribution in [3.8, 4) is 0 Å². The molecule has 6 heteroatoms. The molecule has 0 atom stereocenters. The quantitative estimate of drug-likeness (QED) is 0.800. The van der Waals surface area contributed by atoms with E-state index in [4.69, 9.17) is 9.47 Å². The highest BCUT2D eigenvalue weighted by molar-refractivity contribution is 5.93. The van der Waals surface area contributed by atoms with E-state index >= 15 is 0 Å². The van der Waals surface area contributed by atoms with Crippen LogP contribution in [-0.4, -0.2) is 52.9 Å². The number of carbonyl (C=O) groups is 1. The highest BCUT2D eigenvalue weighted by Gasteiger charge is 2.41. The standard InChI is InChI=1S/C16H17N3O3/c20-15(14-11-17-12-3-1-2-4-13(12)18-14)19-7-5-16(6-8-19)21-9-10-22-16/h1-4,11H,5-10H2. The molecular formula is C16H17N3O3. The number of benzene rings is 1. The van der Waals surface area contributed by atoms with Crippen LogP contribution in [0.1, 0.15) is 23.3 Å². The van der Waals surface area contributed by atoms with Crippen LogP contribution in [0.25, 0.3) is 11.0 Å². The van der Waals surface area contributed by atoms with Crippen LogP contribution >= 0.6 is 0 Å². The third-order valence-corrected chi connectivity index (χ3v) is 4.29. The molecule has 1 aromatic carbocycles. The normalized spacial score (nSPS) is 20.6. The summed E-state index contributed by atoms with van der Waals surface area (Å²) in [4.78, 5) is 23.1. The zero-order valence-electron chi connectivity index (χ0n) is 12.2. The van der Waals surface area contributed by atoms with E-state index in [1.54, 1.807) is 11.1 Å². The Hall–Kier alpha value is -2.05. The van der Waals surface area contributed by atoms with Crippen LogP contribution in [-0.2, 0) is 9.47 Å². The number of ether oxygens (including phenoxy) is 2. The van der Waals surface area contributed by atoms with E-state index in [2.05, 4.69) is 9.97 Å². The van der Waals surface area contributed by atoms with Crippen LogP contribution in [0.3, 0.4) is 0 Å². The number of fused-ring (bicyclic) bond motifs is 1. The van der Waals surface area contributed by atoms with Gasteiger partial charge in [0.25, 0.3) is 5.91 Å². The van der Waals surface area contributed by atoms with Crippen LogP contribution in [0.4, 0.5) is 0 Å². The van der Waals surface area contributed by atoms with Gasteiger partial charge in [-0.25, -0.2) is 4.98 Å². The summed E-state index contributed by atoms with van der Waals surface area (Å²) in [6.45, 7) is 2.52. The van der Waals surface area contributed by atoms with Crippen molar-refractivity contribution < 1.29 is 14.3 Å². The second-order valence-electron chi connectivity index (χ2n) is 5.64. The van der Waals surface area contributed by atoms with Gasteiger partial charge in [0, 0.05) is 25.9 Å². The zero-order chi connectivity index (χ0) is 15.0. The highest BCUT2D eigenvalue weighted by atomic mass is 16.7. The summed E-state index contributed by atoms with van der Waals surface area (Å²) in [5, 5.41) is 0. The van der Waals surface area contributed by atoms with Crippen LogP contribution in [0.2, 0.25) is 0 Å². The molecule has 1 spiro atoms. The predicted octanol–water partition coefficient (Wildman–Crippen LogP) is 1.61. The van der Waals surface area contributed by atoms with Gasteiger partial charge in [0.2, 0.25) is 0 Å². The van der Waals surface area contributed by atoms with Crippen molar-refractivity contribution in [3.05, 3.63) is 36.2 Å². The fourth-order valence-corrected chi connectivity index (χ4v) is 3.06. The predicted molar refractivity (Wildman–Crippen MR) is 79.3 cm³/mol. The lowest BCUT2D eigenvalue weighted by molar-refractivity contribution is -0.181. The summed E-state index contributed by atoms with van der Waals surface area (Å²) >= 11 is 0. The topological polar surface area (TPSA) is 64.6 Å². The Balaban J connectivity index is 1.51. The third-order valence-electron chi connectivity index (χ3n) is 4.29. The molecule has 0 unspecified atom stereocenters. The Kier molecular flexibility index (Phi) is 3.28.